The number of ether oxygens (including phenoxy) is 2. The largest absolute Gasteiger partial charge is 0.477 e. The molecule has 6 N–H and O–H groups in total. The molecule has 0 aromatic heterocycles. The fourth-order valence-electron chi connectivity index (χ4n) is 2.58. The smallest absolute Gasteiger partial charge is 0.364 e. The second-order valence-corrected chi connectivity index (χ2v) is 6.58. The molecule has 0 spiro atoms. The van der Waals surface area contributed by atoms with Gasteiger partial charge in [-0.05, 0) is 5.92 Å². The van der Waals surface area contributed by atoms with Crippen molar-refractivity contribution in [3.05, 3.63) is 0 Å². The number of aliphatic hydroxyl groups is 4. The first kappa shape index (κ1) is 21.7. The van der Waals surface area contributed by atoms with Gasteiger partial charge in [0.25, 0.3) is 5.79 Å². The Morgan fingerprint density at radius 3 is 2.40 bits per heavy atom. The summed E-state index contributed by atoms with van der Waals surface area (Å²) in [4.78, 5) is 23.1. The van der Waals surface area contributed by atoms with E-state index < -0.39 is 61.1 Å². The standard InChI is InChI=1S/C15H27NO9/c1-7(2)6-24-15(14(22)23)4-9(19)11(16-8(3)18)13(25-15)12(21)10(20)5-17/h7,9-13,17,19-21H,4-6H2,1-3H3,(H,16,18)(H,22,23)/t9-,10?,11+,12?,13+,15?/m0/s1. The van der Waals surface area contributed by atoms with Gasteiger partial charge in [0, 0.05) is 13.3 Å². The van der Waals surface area contributed by atoms with E-state index in [4.69, 9.17) is 14.6 Å². The van der Waals surface area contributed by atoms with Crippen molar-refractivity contribution in [1.29, 1.82) is 0 Å². The van der Waals surface area contributed by atoms with Crippen LogP contribution in [0.4, 0.5) is 0 Å². The Morgan fingerprint density at radius 1 is 1.36 bits per heavy atom. The first-order valence-electron chi connectivity index (χ1n) is 8.01. The molecule has 10 nitrogen and oxygen atoms in total. The van der Waals surface area contributed by atoms with E-state index in [1.165, 1.54) is 6.92 Å². The van der Waals surface area contributed by atoms with Crippen LogP contribution in [-0.4, -0.2) is 86.9 Å². The van der Waals surface area contributed by atoms with Gasteiger partial charge >= 0.3 is 5.97 Å². The minimum atomic E-state index is -2.25. The Labute approximate surface area is 145 Å². The summed E-state index contributed by atoms with van der Waals surface area (Å²) in [7, 11) is 0. The summed E-state index contributed by atoms with van der Waals surface area (Å²) in [5, 5.41) is 51.1. The molecule has 0 aromatic rings. The van der Waals surface area contributed by atoms with Crippen LogP contribution in [0.15, 0.2) is 0 Å². The highest BCUT2D eigenvalue weighted by atomic mass is 16.7. The van der Waals surface area contributed by atoms with Crippen LogP contribution in [0, 0.1) is 5.92 Å². The quantitative estimate of drug-likeness (QED) is 0.280. The third kappa shape index (κ3) is 5.33. The molecular weight excluding hydrogens is 338 g/mol. The Hall–Kier alpha value is -1.30. The first-order valence-corrected chi connectivity index (χ1v) is 8.01. The number of hydrogen-bond acceptors (Lipinski definition) is 8. The summed E-state index contributed by atoms with van der Waals surface area (Å²) in [5.41, 5.74) is 0. The third-order valence-corrected chi connectivity index (χ3v) is 3.84. The van der Waals surface area contributed by atoms with Crippen LogP contribution in [0.25, 0.3) is 0 Å². The van der Waals surface area contributed by atoms with Gasteiger partial charge in [-0.15, -0.1) is 0 Å². The highest BCUT2D eigenvalue weighted by Crippen LogP contribution is 2.33. The minimum Gasteiger partial charge on any atom is -0.477 e. The fourth-order valence-corrected chi connectivity index (χ4v) is 2.58. The predicted molar refractivity (Wildman–Crippen MR) is 83.4 cm³/mol. The number of carbonyl (C=O) groups excluding carboxylic acids is 1. The topological polar surface area (TPSA) is 166 Å². The predicted octanol–water partition coefficient (Wildman–Crippen LogP) is -2.19. The van der Waals surface area contributed by atoms with Gasteiger partial charge in [-0.3, -0.25) is 4.79 Å². The Morgan fingerprint density at radius 2 is 1.96 bits per heavy atom. The molecule has 0 radical (unpaired) electrons. The normalized spacial score (nSPS) is 32.2. The molecule has 1 saturated heterocycles. The lowest BCUT2D eigenvalue weighted by atomic mass is 9.88. The summed E-state index contributed by atoms with van der Waals surface area (Å²) in [6.07, 6.45) is -6.86. The van der Waals surface area contributed by atoms with Gasteiger partial charge in [0.2, 0.25) is 5.91 Å². The van der Waals surface area contributed by atoms with E-state index in [9.17, 15) is 30.0 Å². The molecule has 1 heterocycles. The van der Waals surface area contributed by atoms with Crippen LogP contribution in [0.2, 0.25) is 0 Å². The van der Waals surface area contributed by atoms with E-state index in [2.05, 4.69) is 5.32 Å². The highest BCUT2D eigenvalue weighted by molar-refractivity contribution is 5.76. The molecule has 1 amide bonds. The molecule has 3 unspecified atom stereocenters. The van der Waals surface area contributed by atoms with Gasteiger partial charge in [0.15, 0.2) is 0 Å². The van der Waals surface area contributed by atoms with Gasteiger partial charge in [0.05, 0.1) is 25.4 Å². The maximum Gasteiger partial charge on any atom is 0.364 e. The molecule has 0 saturated carbocycles. The van der Waals surface area contributed by atoms with E-state index in [1.807, 2.05) is 0 Å². The maximum atomic E-state index is 11.7. The molecule has 0 bridgehead atoms. The lowest BCUT2D eigenvalue weighted by Gasteiger charge is -2.46. The Balaban J connectivity index is 3.17. The summed E-state index contributed by atoms with van der Waals surface area (Å²) < 4.78 is 10.8. The van der Waals surface area contributed by atoms with Gasteiger partial charge in [-0.1, -0.05) is 13.8 Å². The molecule has 6 atom stereocenters. The monoisotopic (exact) mass is 365 g/mol. The van der Waals surface area contributed by atoms with Crippen molar-refractivity contribution in [2.75, 3.05) is 13.2 Å². The SMILES string of the molecule is CC(=O)N[C@@H]1[C@@H](O)CC(OCC(C)C)(C(=O)O)O[C@H]1C(O)C(O)CO. The second-order valence-electron chi connectivity index (χ2n) is 6.58. The first-order chi connectivity index (χ1) is 11.5. The number of hydrogen-bond donors (Lipinski definition) is 6. The van der Waals surface area contributed by atoms with Crippen molar-refractivity contribution in [3.63, 3.8) is 0 Å². The van der Waals surface area contributed by atoms with Crippen molar-refractivity contribution in [1.82, 2.24) is 5.32 Å². The number of nitrogens with one attached hydrogen (secondary N) is 1. The van der Waals surface area contributed by atoms with Gasteiger partial charge < -0.3 is 40.3 Å². The fraction of sp³-hybridized carbons (Fsp3) is 0.867. The third-order valence-electron chi connectivity index (χ3n) is 3.84. The summed E-state index contributed by atoms with van der Waals surface area (Å²) >= 11 is 0. The molecule has 1 aliphatic rings. The lowest BCUT2D eigenvalue weighted by molar-refractivity contribution is -0.313. The zero-order valence-electron chi connectivity index (χ0n) is 14.5. The van der Waals surface area contributed by atoms with Crippen molar-refractivity contribution in [3.8, 4) is 0 Å². The van der Waals surface area contributed by atoms with E-state index >= 15 is 0 Å². The Kier molecular flexibility index (Phi) is 7.72. The summed E-state index contributed by atoms with van der Waals surface area (Å²) in [6.45, 7) is 3.94. The van der Waals surface area contributed by atoms with E-state index in [-0.39, 0.29) is 12.5 Å². The Bertz CT molecular complexity index is 472. The van der Waals surface area contributed by atoms with Crippen LogP contribution >= 0.6 is 0 Å². The van der Waals surface area contributed by atoms with Crippen molar-refractivity contribution >= 4 is 11.9 Å². The van der Waals surface area contributed by atoms with Crippen LogP contribution in [-0.2, 0) is 19.1 Å². The number of amides is 1. The van der Waals surface area contributed by atoms with Crippen molar-refractivity contribution in [2.45, 2.75) is 63.4 Å². The van der Waals surface area contributed by atoms with Gasteiger partial charge in [-0.25, -0.2) is 4.79 Å². The zero-order chi connectivity index (χ0) is 19.4. The van der Waals surface area contributed by atoms with Gasteiger partial charge in [0.1, 0.15) is 18.3 Å². The van der Waals surface area contributed by atoms with E-state index in [1.54, 1.807) is 13.8 Å². The van der Waals surface area contributed by atoms with Crippen LogP contribution in [0.3, 0.4) is 0 Å². The second kappa shape index (κ2) is 8.88. The molecule has 1 rings (SSSR count). The molecule has 1 aliphatic heterocycles. The van der Waals surface area contributed by atoms with E-state index in [0.29, 0.717) is 0 Å². The zero-order valence-corrected chi connectivity index (χ0v) is 14.5. The molecule has 1 fully saturated rings. The number of aliphatic carboxylic acids is 1. The van der Waals surface area contributed by atoms with Crippen LogP contribution in [0.5, 0.6) is 0 Å². The summed E-state index contributed by atoms with van der Waals surface area (Å²) in [6, 6.07) is -1.19. The van der Waals surface area contributed by atoms with Crippen LogP contribution in [0.1, 0.15) is 27.2 Å². The average Bonchev–Trinajstić information content (AvgIpc) is 2.52. The molecule has 0 aliphatic carbocycles. The number of carboxylic acids is 1. The molecule has 0 aromatic carbocycles. The lowest BCUT2D eigenvalue weighted by Crippen LogP contribution is -2.68. The maximum absolute atomic E-state index is 11.7. The number of rotatable bonds is 8. The summed E-state index contributed by atoms with van der Waals surface area (Å²) in [5.74, 6) is -4.34. The average molecular weight is 365 g/mol. The van der Waals surface area contributed by atoms with Crippen LogP contribution < -0.4 is 5.32 Å². The number of carboxylic acid groups (broad SMARTS) is 1. The highest BCUT2D eigenvalue weighted by Gasteiger charge is 2.55. The molecular formula is C15H27NO9. The van der Waals surface area contributed by atoms with E-state index in [0.717, 1.165) is 0 Å². The van der Waals surface area contributed by atoms with Crippen molar-refractivity contribution in [2.24, 2.45) is 5.92 Å². The molecule has 146 valence electrons. The number of carbonyl (C=O) groups is 2. The number of aliphatic hydroxyl groups excluding tert-OH is 4. The molecule has 25 heavy (non-hydrogen) atoms. The van der Waals surface area contributed by atoms with Crippen molar-refractivity contribution < 1.29 is 44.6 Å². The minimum absolute atomic E-state index is 0.00912. The molecule has 10 heteroatoms. The van der Waals surface area contributed by atoms with Gasteiger partial charge in [-0.2, -0.15) is 0 Å².